The second kappa shape index (κ2) is 6.91. The first-order chi connectivity index (χ1) is 12.0. The summed E-state index contributed by atoms with van der Waals surface area (Å²) >= 11 is 0. The van der Waals surface area contributed by atoms with E-state index < -0.39 is 9.84 Å². The van der Waals surface area contributed by atoms with E-state index in [9.17, 15) is 13.2 Å². The molecule has 3 aromatic carbocycles. The standard InChI is InChI=1S/C20H17NO3S/c1-15-7-5-6-10-19(15)21-20(22)16-11-13-18(14-12-16)25(23,24)17-8-3-2-4-9-17/h2-14H,1H3,(H,21,22). The summed E-state index contributed by atoms with van der Waals surface area (Å²) in [5.74, 6) is -0.280. The van der Waals surface area contributed by atoms with Gasteiger partial charge in [0, 0.05) is 11.3 Å². The maximum absolute atomic E-state index is 12.6. The van der Waals surface area contributed by atoms with Gasteiger partial charge in [-0.3, -0.25) is 4.79 Å². The van der Waals surface area contributed by atoms with Gasteiger partial charge in [-0.05, 0) is 55.0 Å². The molecule has 3 aromatic rings. The molecule has 126 valence electrons. The lowest BCUT2D eigenvalue weighted by Gasteiger charge is -2.09. The van der Waals surface area contributed by atoms with E-state index in [1.165, 1.54) is 24.3 Å². The Kier molecular flexibility index (Phi) is 4.67. The Hall–Kier alpha value is -2.92. The molecule has 4 nitrogen and oxygen atoms in total. The first-order valence-electron chi connectivity index (χ1n) is 7.76. The van der Waals surface area contributed by atoms with Gasteiger partial charge in [0.1, 0.15) is 0 Å². The number of sulfone groups is 1. The molecule has 0 aliphatic carbocycles. The molecule has 0 radical (unpaired) electrons. The summed E-state index contributed by atoms with van der Waals surface area (Å²) in [6.45, 7) is 1.91. The van der Waals surface area contributed by atoms with E-state index in [0.29, 0.717) is 5.56 Å². The van der Waals surface area contributed by atoms with Crippen molar-refractivity contribution < 1.29 is 13.2 Å². The minimum Gasteiger partial charge on any atom is -0.322 e. The number of benzene rings is 3. The molecule has 0 spiro atoms. The zero-order chi connectivity index (χ0) is 17.9. The van der Waals surface area contributed by atoms with Crippen LogP contribution in [0.2, 0.25) is 0 Å². The second-order valence-corrected chi connectivity index (χ2v) is 7.56. The molecule has 0 saturated carbocycles. The fourth-order valence-corrected chi connectivity index (χ4v) is 3.71. The summed E-state index contributed by atoms with van der Waals surface area (Å²) < 4.78 is 25.1. The van der Waals surface area contributed by atoms with E-state index in [4.69, 9.17) is 0 Å². The first kappa shape index (κ1) is 16.9. The zero-order valence-electron chi connectivity index (χ0n) is 13.6. The number of nitrogens with one attached hydrogen (secondary N) is 1. The summed E-state index contributed by atoms with van der Waals surface area (Å²) in [5, 5.41) is 2.83. The number of rotatable bonds is 4. The number of aryl methyl sites for hydroxylation is 1. The monoisotopic (exact) mass is 351 g/mol. The van der Waals surface area contributed by atoms with E-state index in [0.717, 1.165) is 11.3 Å². The Bertz CT molecular complexity index is 995. The first-order valence-corrected chi connectivity index (χ1v) is 9.24. The van der Waals surface area contributed by atoms with Crippen LogP contribution in [0, 0.1) is 6.92 Å². The number of para-hydroxylation sites is 1. The molecule has 0 aliphatic rings. The van der Waals surface area contributed by atoms with E-state index in [1.807, 2.05) is 31.2 Å². The molecule has 0 fully saturated rings. The van der Waals surface area contributed by atoms with E-state index >= 15 is 0 Å². The van der Waals surface area contributed by atoms with Crippen LogP contribution in [0.15, 0.2) is 88.7 Å². The van der Waals surface area contributed by atoms with Gasteiger partial charge in [0.2, 0.25) is 9.84 Å². The zero-order valence-corrected chi connectivity index (χ0v) is 14.5. The van der Waals surface area contributed by atoms with Crippen LogP contribution in [0.4, 0.5) is 5.69 Å². The lowest BCUT2D eigenvalue weighted by Crippen LogP contribution is -2.13. The highest BCUT2D eigenvalue weighted by Gasteiger charge is 2.17. The maximum Gasteiger partial charge on any atom is 0.255 e. The molecule has 1 amide bonds. The van der Waals surface area contributed by atoms with Crippen LogP contribution >= 0.6 is 0 Å². The molecule has 0 aliphatic heterocycles. The number of carbonyl (C=O) groups excluding carboxylic acids is 1. The predicted molar refractivity (Wildman–Crippen MR) is 97.5 cm³/mol. The lowest BCUT2D eigenvalue weighted by molar-refractivity contribution is 0.102. The Morgan fingerprint density at radius 2 is 1.32 bits per heavy atom. The molecule has 1 N–H and O–H groups in total. The number of hydrogen-bond acceptors (Lipinski definition) is 3. The van der Waals surface area contributed by atoms with Crippen LogP contribution in [0.3, 0.4) is 0 Å². The second-order valence-electron chi connectivity index (χ2n) is 5.61. The number of anilines is 1. The highest BCUT2D eigenvalue weighted by Crippen LogP contribution is 2.21. The van der Waals surface area contributed by atoms with Crippen molar-refractivity contribution in [3.8, 4) is 0 Å². The van der Waals surface area contributed by atoms with Crippen LogP contribution < -0.4 is 5.32 Å². The van der Waals surface area contributed by atoms with Gasteiger partial charge in [-0.2, -0.15) is 0 Å². The van der Waals surface area contributed by atoms with Crippen LogP contribution in [-0.2, 0) is 9.84 Å². The average molecular weight is 351 g/mol. The number of amides is 1. The van der Waals surface area contributed by atoms with Crippen molar-refractivity contribution in [3.05, 3.63) is 90.0 Å². The Balaban J connectivity index is 1.83. The molecule has 0 unspecified atom stereocenters. The van der Waals surface area contributed by atoms with E-state index in [1.54, 1.807) is 30.3 Å². The van der Waals surface area contributed by atoms with E-state index in [-0.39, 0.29) is 15.7 Å². The smallest absolute Gasteiger partial charge is 0.255 e. The molecule has 0 atom stereocenters. The molecular weight excluding hydrogens is 334 g/mol. The van der Waals surface area contributed by atoms with Crippen molar-refractivity contribution in [1.29, 1.82) is 0 Å². The van der Waals surface area contributed by atoms with Crippen LogP contribution in [0.1, 0.15) is 15.9 Å². The summed E-state index contributed by atoms with van der Waals surface area (Å²) in [6.07, 6.45) is 0. The Morgan fingerprint density at radius 3 is 1.96 bits per heavy atom. The summed E-state index contributed by atoms with van der Waals surface area (Å²) in [5.41, 5.74) is 2.09. The predicted octanol–water partition coefficient (Wildman–Crippen LogP) is 4.08. The van der Waals surface area contributed by atoms with Crippen LogP contribution in [-0.4, -0.2) is 14.3 Å². The number of hydrogen-bond donors (Lipinski definition) is 1. The lowest BCUT2D eigenvalue weighted by atomic mass is 10.1. The van der Waals surface area contributed by atoms with Crippen molar-refractivity contribution in [2.24, 2.45) is 0 Å². The largest absolute Gasteiger partial charge is 0.322 e. The molecule has 0 aromatic heterocycles. The third kappa shape index (κ3) is 3.61. The van der Waals surface area contributed by atoms with Crippen molar-refractivity contribution in [2.75, 3.05) is 5.32 Å². The molecular formula is C20H17NO3S. The summed E-state index contributed by atoms with van der Waals surface area (Å²) in [4.78, 5) is 12.7. The maximum atomic E-state index is 12.6. The van der Waals surface area contributed by atoms with Crippen LogP contribution in [0.25, 0.3) is 0 Å². The highest BCUT2D eigenvalue weighted by molar-refractivity contribution is 7.91. The van der Waals surface area contributed by atoms with Crippen molar-refractivity contribution in [1.82, 2.24) is 0 Å². The van der Waals surface area contributed by atoms with Gasteiger partial charge in [0.15, 0.2) is 0 Å². The van der Waals surface area contributed by atoms with Gasteiger partial charge < -0.3 is 5.32 Å². The number of carbonyl (C=O) groups is 1. The van der Waals surface area contributed by atoms with Crippen molar-refractivity contribution in [3.63, 3.8) is 0 Å². The van der Waals surface area contributed by atoms with Gasteiger partial charge in [0.25, 0.3) is 5.91 Å². The quantitative estimate of drug-likeness (QED) is 0.770. The molecule has 5 heteroatoms. The Labute approximate surface area is 147 Å². The van der Waals surface area contributed by atoms with E-state index in [2.05, 4.69) is 5.32 Å². The van der Waals surface area contributed by atoms with Crippen LogP contribution in [0.5, 0.6) is 0 Å². The minimum atomic E-state index is -3.58. The van der Waals surface area contributed by atoms with Gasteiger partial charge in [-0.25, -0.2) is 8.42 Å². The van der Waals surface area contributed by atoms with Crippen molar-refractivity contribution >= 4 is 21.4 Å². The van der Waals surface area contributed by atoms with Gasteiger partial charge in [-0.15, -0.1) is 0 Å². The third-order valence-electron chi connectivity index (χ3n) is 3.87. The average Bonchev–Trinajstić information content (AvgIpc) is 2.64. The molecule has 0 heterocycles. The molecule has 3 rings (SSSR count). The molecule has 0 bridgehead atoms. The normalized spacial score (nSPS) is 11.1. The molecule has 0 saturated heterocycles. The SMILES string of the molecule is Cc1ccccc1NC(=O)c1ccc(S(=O)(=O)c2ccccc2)cc1. The van der Waals surface area contributed by atoms with Gasteiger partial charge in [-0.1, -0.05) is 36.4 Å². The van der Waals surface area contributed by atoms with Gasteiger partial charge >= 0.3 is 0 Å². The van der Waals surface area contributed by atoms with Crippen molar-refractivity contribution in [2.45, 2.75) is 16.7 Å². The molecule has 25 heavy (non-hydrogen) atoms. The Morgan fingerprint density at radius 1 is 0.760 bits per heavy atom. The topological polar surface area (TPSA) is 63.2 Å². The fourth-order valence-electron chi connectivity index (χ4n) is 2.43. The highest BCUT2D eigenvalue weighted by atomic mass is 32.2. The summed E-state index contributed by atoms with van der Waals surface area (Å²) in [6, 6.07) is 21.6. The fraction of sp³-hybridized carbons (Fsp3) is 0.0500. The van der Waals surface area contributed by atoms with Gasteiger partial charge in [0.05, 0.1) is 9.79 Å². The minimum absolute atomic E-state index is 0.158. The summed E-state index contributed by atoms with van der Waals surface area (Å²) in [7, 11) is -3.58. The third-order valence-corrected chi connectivity index (χ3v) is 5.66.